The summed E-state index contributed by atoms with van der Waals surface area (Å²) in [4.78, 5) is 15.0. The summed E-state index contributed by atoms with van der Waals surface area (Å²) < 4.78 is 0.573. The molecular formula is C20H17NOS2. The monoisotopic (exact) mass is 351 g/mol. The molecule has 1 fully saturated rings. The fraction of sp³-hybridized carbons (Fsp3) is 0.100. The molecule has 0 aromatic heterocycles. The van der Waals surface area contributed by atoms with Crippen LogP contribution in [0.25, 0.3) is 6.08 Å². The molecule has 2 aromatic carbocycles. The van der Waals surface area contributed by atoms with Crippen LogP contribution in [0.5, 0.6) is 0 Å². The topological polar surface area (TPSA) is 20.3 Å². The highest BCUT2D eigenvalue weighted by atomic mass is 32.2. The second-order valence-corrected chi connectivity index (χ2v) is 7.33. The lowest BCUT2D eigenvalue weighted by Crippen LogP contribution is -2.27. The summed E-state index contributed by atoms with van der Waals surface area (Å²) in [6, 6.07) is 17.9. The summed E-state index contributed by atoms with van der Waals surface area (Å²) >= 11 is 6.76. The number of benzene rings is 2. The lowest BCUT2D eigenvalue weighted by atomic mass is 10.1. The van der Waals surface area contributed by atoms with E-state index in [1.54, 1.807) is 4.90 Å². The molecule has 3 rings (SSSR count). The molecule has 1 saturated heterocycles. The fourth-order valence-corrected chi connectivity index (χ4v) is 3.87. The number of hydrogen-bond acceptors (Lipinski definition) is 3. The van der Waals surface area contributed by atoms with E-state index in [9.17, 15) is 4.79 Å². The van der Waals surface area contributed by atoms with Crippen molar-refractivity contribution in [2.24, 2.45) is 0 Å². The van der Waals surface area contributed by atoms with Gasteiger partial charge in [-0.2, -0.15) is 0 Å². The average Bonchev–Trinajstić information content (AvgIpc) is 2.82. The summed E-state index contributed by atoms with van der Waals surface area (Å²) in [6.07, 6.45) is 3.96. The number of hydrogen-bond donors (Lipinski definition) is 0. The van der Waals surface area contributed by atoms with Gasteiger partial charge < -0.3 is 0 Å². The highest BCUT2D eigenvalue weighted by Gasteiger charge is 2.33. The van der Waals surface area contributed by atoms with Gasteiger partial charge in [0.15, 0.2) is 4.32 Å². The van der Waals surface area contributed by atoms with Crippen LogP contribution in [0.3, 0.4) is 0 Å². The van der Waals surface area contributed by atoms with Crippen LogP contribution in [0.15, 0.2) is 71.2 Å². The van der Waals surface area contributed by atoms with Gasteiger partial charge in [-0.15, -0.1) is 0 Å². The molecule has 0 aliphatic carbocycles. The number of allylic oxidation sites excluding steroid dienone is 2. The summed E-state index contributed by atoms with van der Waals surface area (Å²) in [5, 5.41) is 0. The third-order valence-corrected chi connectivity index (χ3v) is 4.91. The minimum Gasteiger partial charge on any atom is -0.268 e. The van der Waals surface area contributed by atoms with Crippen LogP contribution in [0, 0.1) is 6.92 Å². The Kier molecular flexibility index (Phi) is 4.97. The number of amides is 1. The highest BCUT2D eigenvalue weighted by Crippen LogP contribution is 2.35. The molecule has 2 nitrogen and oxygen atoms in total. The van der Waals surface area contributed by atoms with Crippen molar-refractivity contribution < 1.29 is 4.79 Å². The number of rotatable bonds is 3. The van der Waals surface area contributed by atoms with Crippen LogP contribution in [0.1, 0.15) is 18.1 Å². The summed E-state index contributed by atoms with van der Waals surface area (Å²) in [5.41, 5.74) is 4.06. The van der Waals surface area contributed by atoms with E-state index in [0.717, 1.165) is 22.4 Å². The van der Waals surface area contributed by atoms with E-state index in [2.05, 4.69) is 6.08 Å². The molecule has 1 amide bonds. The van der Waals surface area contributed by atoms with Gasteiger partial charge in [-0.3, -0.25) is 9.69 Å². The van der Waals surface area contributed by atoms with Crippen LogP contribution in [0.4, 0.5) is 5.69 Å². The van der Waals surface area contributed by atoms with Crippen LogP contribution < -0.4 is 4.90 Å². The maximum Gasteiger partial charge on any atom is 0.270 e. The number of anilines is 1. The Morgan fingerprint density at radius 3 is 2.58 bits per heavy atom. The van der Waals surface area contributed by atoms with Crippen molar-refractivity contribution in [1.29, 1.82) is 0 Å². The lowest BCUT2D eigenvalue weighted by molar-refractivity contribution is -0.113. The summed E-state index contributed by atoms with van der Waals surface area (Å²) in [5.74, 6) is -0.0589. The maximum atomic E-state index is 12.7. The van der Waals surface area contributed by atoms with Gasteiger partial charge in [-0.1, -0.05) is 72.5 Å². The Morgan fingerprint density at radius 1 is 1.12 bits per heavy atom. The van der Waals surface area contributed by atoms with E-state index >= 15 is 0 Å². The Morgan fingerprint density at radius 2 is 1.88 bits per heavy atom. The number of aryl methyl sites for hydroxylation is 1. The first-order chi connectivity index (χ1) is 11.5. The summed E-state index contributed by atoms with van der Waals surface area (Å²) in [6.45, 7) is 4.00. The number of carbonyl (C=O) groups is 1. The van der Waals surface area contributed by atoms with Crippen LogP contribution >= 0.6 is 24.0 Å². The van der Waals surface area contributed by atoms with Crippen LogP contribution in [0.2, 0.25) is 0 Å². The molecule has 2 aromatic rings. The molecule has 1 heterocycles. The largest absolute Gasteiger partial charge is 0.270 e. The predicted octanol–water partition coefficient (Wildman–Crippen LogP) is 5.35. The molecule has 0 spiro atoms. The van der Waals surface area contributed by atoms with E-state index in [1.807, 2.05) is 74.5 Å². The van der Waals surface area contributed by atoms with Gasteiger partial charge in [0.2, 0.25) is 0 Å². The second-order valence-electron chi connectivity index (χ2n) is 5.66. The Labute approximate surface area is 151 Å². The van der Waals surface area contributed by atoms with E-state index in [1.165, 1.54) is 11.8 Å². The zero-order chi connectivity index (χ0) is 17.1. The standard InChI is InChI=1S/C20H17NOS2/c1-14-7-6-10-17(12-14)21-19(22)18(24-20(21)23)13-15(2)11-16-8-4-3-5-9-16/h3-13H,1-2H3. The van der Waals surface area contributed by atoms with Gasteiger partial charge in [0.25, 0.3) is 5.91 Å². The molecule has 0 saturated carbocycles. The molecule has 1 aliphatic heterocycles. The van der Waals surface area contributed by atoms with Gasteiger partial charge in [0.1, 0.15) is 0 Å². The van der Waals surface area contributed by atoms with E-state index < -0.39 is 0 Å². The zero-order valence-corrected chi connectivity index (χ0v) is 15.2. The maximum absolute atomic E-state index is 12.7. The van der Waals surface area contributed by atoms with Crippen molar-refractivity contribution in [1.82, 2.24) is 0 Å². The van der Waals surface area contributed by atoms with Crippen molar-refractivity contribution >= 4 is 46.0 Å². The molecular weight excluding hydrogens is 334 g/mol. The smallest absolute Gasteiger partial charge is 0.268 e. The first kappa shape index (κ1) is 16.7. The van der Waals surface area contributed by atoms with Crippen molar-refractivity contribution in [3.8, 4) is 0 Å². The molecule has 0 N–H and O–H groups in total. The van der Waals surface area contributed by atoms with Gasteiger partial charge in [-0.25, -0.2) is 0 Å². The third-order valence-electron chi connectivity index (χ3n) is 3.61. The zero-order valence-electron chi connectivity index (χ0n) is 13.5. The quantitative estimate of drug-likeness (QED) is 0.549. The van der Waals surface area contributed by atoms with Gasteiger partial charge in [-0.05, 0) is 48.8 Å². The van der Waals surface area contributed by atoms with E-state index in [4.69, 9.17) is 12.2 Å². The van der Waals surface area contributed by atoms with Crippen molar-refractivity contribution in [3.63, 3.8) is 0 Å². The SMILES string of the molecule is CC(=Cc1ccccc1)C=C1SC(=S)N(c2cccc(C)c2)C1=O. The number of carbonyl (C=O) groups excluding carboxylic acids is 1. The molecule has 4 heteroatoms. The van der Waals surface area contributed by atoms with E-state index in [0.29, 0.717) is 9.23 Å². The molecule has 0 unspecified atom stereocenters. The minimum absolute atomic E-state index is 0.0589. The minimum atomic E-state index is -0.0589. The molecule has 120 valence electrons. The number of thiocarbonyl (C=S) groups is 1. The fourth-order valence-electron chi connectivity index (χ4n) is 2.52. The van der Waals surface area contributed by atoms with Crippen molar-refractivity contribution in [2.45, 2.75) is 13.8 Å². The van der Waals surface area contributed by atoms with Crippen LogP contribution in [-0.4, -0.2) is 10.2 Å². The third kappa shape index (κ3) is 3.66. The second kappa shape index (κ2) is 7.16. The van der Waals surface area contributed by atoms with Crippen molar-refractivity contribution in [2.75, 3.05) is 4.90 Å². The van der Waals surface area contributed by atoms with Crippen LogP contribution in [-0.2, 0) is 4.79 Å². The van der Waals surface area contributed by atoms with Crippen molar-refractivity contribution in [3.05, 3.63) is 82.3 Å². The van der Waals surface area contributed by atoms with Gasteiger partial charge >= 0.3 is 0 Å². The average molecular weight is 351 g/mol. The lowest BCUT2D eigenvalue weighted by Gasteiger charge is -2.14. The molecule has 0 atom stereocenters. The first-order valence-corrected chi connectivity index (χ1v) is 8.85. The Balaban J connectivity index is 1.87. The predicted molar refractivity (Wildman–Crippen MR) is 107 cm³/mol. The molecule has 0 radical (unpaired) electrons. The number of nitrogens with zero attached hydrogens (tertiary/aromatic N) is 1. The molecule has 0 bridgehead atoms. The summed E-state index contributed by atoms with van der Waals surface area (Å²) in [7, 11) is 0. The van der Waals surface area contributed by atoms with Gasteiger partial charge in [0.05, 0.1) is 10.6 Å². The molecule has 24 heavy (non-hydrogen) atoms. The van der Waals surface area contributed by atoms with Gasteiger partial charge in [0, 0.05) is 0 Å². The Hall–Kier alpha value is -2.17. The van der Waals surface area contributed by atoms with E-state index in [-0.39, 0.29) is 5.91 Å². The highest BCUT2D eigenvalue weighted by molar-refractivity contribution is 8.27. The Bertz CT molecular complexity index is 853. The first-order valence-electron chi connectivity index (χ1n) is 7.62. The number of thioether (sulfide) groups is 1. The normalized spacial score (nSPS) is 17.0. The molecule has 1 aliphatic rings.